The van der Waals surface area contributed by atoms with Gasteiger partial charge < -0.3 is 4.98 Å². The standard InChI is InChI=1S/C10H10N2S/c1-7-2-3-9(13)8(6-7)10-11-4-5-12-10/h2-6,13H,1H3,(H,11,12). The van der Waals surface area contributed by atoms with Crippen LogP contribution in [0.15, 0.2) is 35.5 Å². The zero-order valence-electron chi connectivity index (χ0n) is 7.28. The highest BCUT2D eigenvalue weighted by atomic mass is 32.1. The van der Waals surface area contributed by atoms with Crippen LogP contribution < -0.4 is 0 Å². The molecule has 0 aliphatic rings. The zero-order valence-corrected chi connectivity index (χ0v) is 8.18. The Morgan fingerprint density at radius 1 is 1.38 bits per heavy atom. The van der Waals surface area contributed by atoms with Gasteiger partial charge in [0.15, 0.2) is 0 Å². The van der Waals surface area contributed by atoms with Crippen molar-refractivity contribution in [3.8, 4) is 11.4 Å². The minimum atomic E-state index is 0.869. The third kappa shape index (κ3) is 1.60. The largest absolute Gasteiger partial charge is 0.345 e. The number of benzene rings is 1. The maximum absolute atomic E-state index is 4.37. The summed E-state index contributed by atoms with van der Waals surface area (Å²) in [5.41, 5.74) is 2.26. The Kier molecular flexibility index (Phi) is 2.10. The maximum Gasteiger partial charge on any atom is 0.138 e. The van der Waals surface area contributed by atoms with Gasteiger partial charge >= 0.3 is 0 Å². The van der Waals surface area contributed by atoms with Crippen LogP contribution in [0, 0.1) is 6.92 Å². The number of aromatic amines is 1. The van der Waals surface area contributed by atoms with Crippen LogP contribution in [0.4, 0.5) is 0 Å². The fraction of sp³-hybridized carbons (Fsp3) is 0.100. The predicted octanol–water partition coefficient (Wildman–Crippen LogP) is 2.67. The monoisotopic (exact) mass is 190 g/mol. The molecule has 0 aliphatic carbocycles. The molecule has 1 aromatic heterocycles. The van der Waals surface area contributed by atoms with E-state index in [0.29, 0.717) is 0 Å². The average Bonchev–Trinajstić information content (AvgIpc) is 2.61. The first-order valence-corrected chi connectivity index (χ1v) is 4.51. The van der Waals surface area contributed by atoms with E-state index in [2.05, 4.69) is 35.6 Å². The molecule has 0 bridgehead atoms. The summed E-state index contributed by atoms with van der Waals surface area (Å²) in [7, 11) is 0. The number of nitrogens with zero attached hydrogens (tertiary/aromatic N) is 1. The topological polar surface area (TPSA) is 28.7 Å². The first-order valence-electron chi connectivity index (χ1n) is 4.07. The molecule has 0 aliphatic heterocycles. The molecule has 1 heterocycles. The molecular weight excluding hydrogens is 180 g/mol. The van der Waals surface area contributed by atoms with E-state index >= 15 is 0 Å². The van der Waals surface area contributed by atoms with Gasteiger partial charge in [0.25, 0.3) is 0 Å². The Labute approximate surface area is 82.4 Å². The van der Waals surface area contributed by atoms with Crippen molar-refractivity contribution in [2.24, 2.45) is 0 Å². The summed E-state index contributed by atoms with van der Waals surface area (Å²) in [6.45, 7) is 2.06. The third-order valence-electron chi connectivity index (χ3n) is 1.91. The van der Waals surface area contributed by atoms with E-state index in [9.17, 15) is 0 Å². The van der Waals surface area contributed by atoms with Crippen molar-refractivity contribution in [2.45, 2.75) is 11.8 Å². The molecular formula is C10H10N2S. The number of imidazole rings is 1. The Morgan fingerprint density at radius 2 is 2.23 bits per heavy atom. The van der Waals surface area contributed by atoms with Crippen LogP contribution in [0.3, 0.4) is 0 Å². The number of nitrogens with one attached hydrogen (secondary N) is 1. The molecule has 0 atom stereocenters. The van der Waals surface area contributed by atoms with E-state index in [4.69, 9.17) is 0 Å². The summed E-state index contributed by atoms with van der Waals surface area (Å²) in [4.78, 5) is 8.19. The second kappa shape index (κ2) is 3.26. The number of aromatic nitrogens is 2. The molecule has 1 aromatic carbocycles. The van der Waals surface area contributed by atoms with E-state index in [0.717, 1.165) is 16.3 Å². The van der Waals surface area contributed by atoms with Crippen molar-refractivity contribution in [1.29, 1.82) is 0 Å². The van der Waals surface area contributed by atoms with E-state index in [-0.39, 0.29) is 0 Å². The number of aryl methyl sites for hydroxylation is 1. The van der Waals surface area contributed by atoms with Gasteiger partial charge in [-0.15, -0.1) is 12.6 Å². The van der Waals surface area contributed by atoms with Gasteiger partial charge in [-0.05, 0) is 19.1 Å². The first-order chi connectivity index (χ1) is 6.27. The minimum Gasteiger partial charge on any atom is -0.345 e. The van der Waals surface area contributed by atoms with Crippen molar-refractivity contribution < 1.29 is 0 Å². The van der Waals surface area contributed by atoms with Gasteiger partial charge in [-0.2, -0.15) is 0 Å². The highest BCUT2D eigenvalue weighted by Crippen LogP contribution is 2.24. The van der Waals surface area contributed by atoms with Crippen LogP contribution in [0.1, 0.15) is 5.56 Å². The Hall–Kier alpha value is -1.22. The summed E-state index contributed by atoms with van der Waals surface area (Å²) in [6, 6.07) is 6.09. The first kappa shape index (κ1) is 8.38. The molecule has 0 saturated heterocycles. The summed E-state index contributed by atoms with van der Waals surface area (Å²) in [5, 5.41) is 0. The number of hydrogen-bond acceptors (Lipinski definition) is 2. The molecule has 2 rings (SSSR count). The number of hydrogen-bond donors (Lipinski definition) is 2. The summed E-state index contributed by atoms with van der Waals surface area (Å²) in [6.07, 6.45) is 3.55. The maximum atomic E-state index is 4.37. The van der Waals surface area contributed by atoms with Crippen molar-refractivity contribution >= 4 is 12.6 Å². The number of thiol groups is 1. The molecule has 0 radical (unpaired) electrons. The highest BCUT2D eigenvalue weighted by molar-refractivity contribution is 7.80. The van der Waals surface area contributed by atoms with Crippen LogP contribution in [0.25, 0.3) is 11.4 Å². The lowest BCUT2D eigenvalue weighted by Crippen LogP contribution is -1.83. The van der Waals surface area contributed by atoms with Crippen molar-refractivity contribution in [3.05, 3.63) is 36.2 Å². The zero-order chi connectivity index (χ0) is 9.26. The fourth-order valence-corrected chi connectivity index (χ4v) is 1.50. The van der Waals surface area contributed by atoms with E-state index in [1.54, 1.807) is 6.20 Å². The van der Waals surface area contributed by atoms with Gasteiger partial charge in [-0.1, -0.05) is 11.6 Å². The second-order valence-corrected chi connectivity index (χ2v) is 3.44. The van der Waals surface area contributed by atoms with Gasteiger partial charge in [0.2, 0.25) is 0 Å². The van der Waals surface area contributed by atoms with E-state index in [1.165, 1.54) is 5.56 Å². The van der Waals surface area contributed by atoms with Gasteiger partial charge in [0.05, 0.1) is 0 Å². The molecule has 13 heavy (non-hydrogen) atoms. The molecule has 2 aromatic rings. The van der Waals surface area contributed by atoms with Crippen molar-refractivity contribution in [1.82, 2.24) is 9.97 Å². The minimum absolute atomic E-state index is 0.869. The molecule has 0 unspecified atom stereocenters. The van der Waals surface area contributed by atoms with Gasteiger partial charge in [0.1, 0.15) is 5.82 Å². The Bertz CT molecular complexity index is 407. The molecule has 0 fully saturated rings. The highest BCUT2D eigenvalue weighted by Gasteiger charge is 2.03. The molecule has 0 saturated carbocycles. The molecule has 66 valence electrons. The predicted molar refractivity (Wildman–Crippen MR) is 56.0 cm³/mol. The van der Waals surface area contributed by atoms with Crippen molar-refractivity contribution in [2.75, 3.05) is 0 Å². The average molecular weight is 190 g/mol. The van der Waals surface area contributed by atoms with Crippen LogP contribution in [-0.2, 0) is 0 Å². The van der Waals surface area contributed by atoms with E-state index in [1.807, 2.05) is 18.3 Å². The molecule has 3 heteroatoms. The van der Waals surface area contributed by atoms with E-state index < -0.39 is 0 Å². The van der Waals surface area contributed by atoms with Crippen LogP contribution in [0.2, 0.25) is 0 Å². The van der Waals surface area contributed by atoms with Crippen LogP contribution >= 0.6 is 12.6 Å². The fourth-order valence-electron chi connectivity index (χ4n) is 1.25. The normalized spacial score (nSPS) is 10.3. The molecule has 0 spiro atoms. The Morgan fingerprint density at radius 3 is 2.92 bits per heavy atom. The number of H-pyrrole nitrogens is 1. The lowest BCUT2D eigenvalue weighted by molar-refractivity contribution is 1.26. The third-order valence-corrected chi connectivity index (χ3v) is 2.30. The van der Waals surface area contributed by atoms with Gasteiger partial charge in [-0.25, -0.2) is 4.98 Å². The summed E-state index contributed by atoms with van der Waals surface area (Å²) in [5.74, 6) is 0.869. The smallest absolute Gasteiger partial charge is 0.138 e. The van der Waals surface area contributed by atoms with Gasteiger partial charge in [-0.3, -0.25) is 0 Å². The summed E-state index contributed by atoms with van der Waals surface area (Å²) >= 11 is 4.37. The lowest BCUT2D eigenvalue weighted by Gasteiger charge is -2.02. The second-order valence-electron chi connectivity index (χ2n) is 2.96. The van der Waals surface area contributed by atoms with Gasteiger partial charge in [0, 0.05) is 22.9 Å². The Balaban J connectivity index is 2.57. The lowest BCUT2D eigenvalue weighted by atomic mass is 10.1. The van der Waals surface area contributed by atoms with Crippen LogP contribution in [-0.4, -0.2) is 9.97 Å². The molecule has 0 amide bonds. The SMILES string of the molecule is Cc1ccc(S)c(-c2ncc[nH]2)c1. The van der Waals surface area contributed by atoms with Crippen LogP contribution in [0.5, 0.6) is 0 Å². The quantitative estimate of drug-likeness (QED) is 0.665. The molecule has 2 nitrogen and oxygen atoms in total. The molecule has 1 N–H and O–H groups in total. The number of rotatable bonds is 1. The van der Waals surface area contributed by atoms with Crippen molar-refractivity contribution in [3.63, 3.8) is 0 Å². The summed E-state index contributed by atoms with van der Waals surface area (Å²) < 4.78 is 0.